The molecule has 3 aromatic carbocycles. The highest BCUT2D eigenvalue weighted by atomic mass is 35.5. The van der Waals surface area contributed by atoms with E-state index in [-0.39, 0.29) is 53.5 Å². The molecule has 1 N–H and O–H groups in total. The molecule has 292 valence electrons. The Morgan fingerprint density at radius 2 is 1.56 bits per heavy atom. The number of benzene rings is 3. The Hall–Kier alpha value is -5.58. The van der Waals surface area contributed by atoms with Gasteiger partial charge in [-0.2, -0.15) is 5.26 Å². The zero-order valence-corrected chi connectivity index (χ0v) is 32.4. The van der Waals surface area contributed by atoms with Gasteiger partial charge in [0.05, 0.1) is 34.2 Å². The van der Waals surface area contributed by atoms with Gasteiger partial charge in [-0.1, -0.05) is 11.6 Å². The third-order valence-electron chi connectivity index (χ3n) is 13.0. The summed E-state index contributed by atoms with van der Waals surface area (Å²) in [6.07, 6.45) is 3.41. The topological polar surface area (TPSA) is 154 Å². The van der Waals surface area contributed by atoms with Crippen molar-refractivity contribution in [1.82, 2.24) is 20.0 Å². The van der Waals surface area contributed by atoms with Crippen LogP contribution in [0.5, 0.6) is 0 Å². The molecule has 6 heterocycles. The van der Waals surface area contributed by atoms with E-state index in [4.69, 9.17) is 11.6 Å². The number of piperidine rings is 2. The first-order chi connectivity index (χ1) is 27.4. The number of carbonyl (C=O) groups excluding carboxylic acids is 6. The number of anilines is 2. The standard InChI is InChI=1S/C43H42ClN7O6/c1-25-17-43(24-50(25)32-7-4-27(18-45)35(44)16-32)10-12-48(13-11-43)31-5-2-26(3-6-31)39(54)30-21-49(22-30)38(53)23-47-19-28-14-33-34(15-29(28)20-47)42(57)51(41(33)56)36-8-9-37(52)46-40(36)55/h2-7,14-16,25,30,36H,8-13,17,19-24H2,1H3,(H,46,52,55)/t25-,36?/m0/s1. The van der Waals surface area contributed by atoms with E-state index in [1.165, 1.54) is 0 Å². The van der Waals surface area contributed by atoms with Gasteiger partial charge in [0.15, 0.2) is 5.78 Å². The number of amides is 5. The minimum absolute atomic E-state index is 0.0370. The molecule has 0 saturated carbocycles. The monoisotopic (exact) mass is 787 g/mol. The van der Waals surface area contributed by atoms with E-state index < -0.39 is 29.7 Å². The van der Waals surface area contributed by atoms with E-state index in [0.29, 0.717) is 48.4 Å². The van der Waals surface area contributed by atoms with Gasteiger partial charge in [-0.05, 0) is 104 Å². The van der Waals surface area contributed by atoms with Crippen molar-refractivity contribution in [3.63, 3.8) is 0 Å². The molecule has 13 nitrogen and oxygen atoms in total. The van der Waals surface area contributed by atoms with Crippen LogP contribution in [0, 0.1) is 22.7 Å². The fourth-order valence-corrected chi connectivity index (χ4v) is 10.0. The zero-order chi connectivity index (χ0) is 39.7. The number of carbonyl (C=O) groups is 6. The van der Waals surface area contributed by atoms with Crippen molar-refractivity contribution in [3.8, 4) is 6.07 Å². The summed E-state index contributed by atoms with van der Waals surface area (Å²) in [6, 6.07) is 18.4. The van der Waals surface area contributed by atoms with Crippen LogP contribution < -0.4 is 15.1 Å². The van der Waals surface area contributed by atoms with Gasteiger partial charge in [-0.15, -0.1) is 0 Å². The molecule has 0 bridgehead atoms. The van der Waals surface area contributed by atoms with Gasteiger partial charge in [0.1, 0.15) is 12.1 Å². The number of nitrogens with zero attached hydrogens (tertiary/aromatic N) is 6. The van der Waals surface area contributed by atoms with Crippen LogP contribution in [-0.2, 0) is 27.5 Å². The number of fused-ring (bicyclic) bond motifs is 2. The van der Waals surface area contributed by atoms with E-state index in [1.54, 1.807) is 23.1 Å². The maximum Gasteiger partial charge on any atom is 0.262 e. The van der Waals surface area contributed by atoms with Crippen molar-refractivity contribution in [2.45, 2.75) is 64.2 Å². The molecule has 5 amide bonds. The molecular formula is C43H42ClN7O6. The number of likely N-dealkylation sites (tertiary alicyclic amines) is 1. The molecule has 3 aromatic rings. The number of hydrogen-bond donors (Lipinski definition) is 1. The lowest BCUT2D eigenvalue weighted by molar-refractivity contribution is -0.138. The highest BCUT2D eigenvalue weighted by molar-refractivity contribution is 6.32. The molecular weight excluding hydrogens is 746 g/mol. The quantitative estimate of drug-likeness (QED) is 0.273. The van der Waals surface area contributed by atoms with Gasteiger partial charge >= 0.3 is 0 Å². The third kappa shape index (κ3) is 6.54. The van der Waals surface area contributed by atoms with Crippen LogP contribution in [0.2, 0.25) is 5.02 Å². The van der Waals surface area contributed by atoms with E-state index in [0.717, 1.165) is 66.3 Å². The first-order valence-corrected chi connectivity index (χ1v) is 20.0. The summed E-state index contributed by atoms with van der Waals surface area (Å²) >= 11 is 6.36. The predicted molar refractivity (Wildman–Crippen MR) is 210 cm³/mol. The summed E-state index contributed by atoms with van der Waals surface area (Å²) in [5.41, 5.74) is 5.69. The van der Waals surface area contributed by atoms with Crippen LogP contribution in [0.3, 0.4) is 0 Å². The van der Waals surface area contributed by atoms with Crippen LogP contribution in [0.25, 0.3) is 0 Å². The predicted octanol–water partition coefficient (Wildman–Crippen LogP) is 4.16. The summed E-state index contributed by atoms with van der Waals surface area (Å²) in [5.74, 6) is -2.45. The molecule has 14 heteroatoms. The van der Waals surface area contributed by atoms with Crippen molar-refractivity contribution in [3.05, 3.63) is 93.0 Å². The molecule has 0 aliphatic carbocycles. The van der Waals surface area contributed by atoms with Crippen LogP contribution in [0.4, 0.5) is 11.4 Å². The maximum atomic E-state index is 13.4. The fourth-order valence-electron chi connectivity index (χ4n) is 9.80. The zero-order valence-electron chi connectivity index (χ0n) is 31.6. The number of rotatable bonds is 7. The normalized spacial score (nSPS) is 23.1. The number of nitrogens with one attached hydrogen (secondary N) is 1. The van der Waals surface area contributed by atoms with E-state index in [1.807, 2.05) is 41.3 Å². The Kier molecular flexibility index (Phi) is 9.16. The van der Waals surface area contributed by atoms with Gasteiger partial charge in [0, 0.05) is 75.2 Å². The minimum Gasteiger partial charge on any atom is -0.371 e. The number of Topliss-reactive ketones (excluding diaryl/α,β-unsaturated/α-hetero) is 1. The maximum absolute atomic E-state index is 13.4. The van der Waals surface area contributed by atoms with Gasteiger partial charge in [-0.25, -0.2) is 0 Å². The lowest BCUT2D eigenvalue weighted by Crippen LogP contribution is -2.55. The smallest absolute Gasteiger partial charge is 0.262 e. The number of ketones is 1. The second-order valence-electron chi connectivity index (χ2n) is 16.6. The Bertz CT molecular complexity index is 2250. The Morgan fingerprint density at radius 1 is 0.912 bits per heavy atom. The van der Waals surface area contributed by atoms with Gasteiger partial charge in [-0.3, -0.25) is 43.9 Å². The van der Waals surface area contributed by atoms with Crippen LogP contribution in [0.15, 0.2) is 54.6 Å². The van der Waals surface area contributed by atoms with Gasteiger partial charge < -0.3 is 14.7 Å². The van der Waals surface area contributed by atoms with Crippen molar-refractivity contribution in [1.29, 1.82) is 5.26 Å². The molecule has 0 radical (unpaired) electrons. The molecule has 0 aromatic heterocycles. The first kappa shape index (κ1) is 37.0. The first-order valence-electron chi connectivity index (χ1n) is 19.6. The van der Waals surface area contributed by atoms with Gasteiger partial charge in [0.2, 0.25) is 17.7 Å². The number of nitriles is 1. The Labute approximate surface area is 335 Å². The van der Waals surface area contributed by atoms with Crippen molar-refractivity contribution in [2.24, 2.45) is 11.3 Å². The van der Waals surface area contributed by atoms with Crippen LogP contribution in [0.1, 0.15) is 86.8 Å². The molecule has 2 atom stereocenters. The number of imide groups is 2. The SMILES string of the molecule is C[C@H]1CC2(CCN(c3ccc(C(=O)C4CN(C(=O)CN5Cc6cc7c(cc6C5)C(=O)N(C5CCC(=O)NC5=O)C7=O)C4)cc3)CC2)CN1c1ccc(C#N)c(Cl)c1. The molecule has 4 saturated heterocycles. The lowest BCUT2D eigenvalue weighted by Gasteiger charge is -2.40. The second kappa shape index (κ2) is 14.1. The Morgan fingerprint density at radius 3 is 2.18 bits per heavy atom. The van der Waals surface area contributed by atoms with Crippen molar-refractivity contribution in [2.75, 3.05) is 49.1 Å². The lowest BCUT2D eigenvalue weighted by atomic mass is 9.76. The molecule has 57 heavy (non-hydrogen) atoms. The average Bonchev–Trinajstić information content (AvgIpc) is 3.80. The van der Waals surface area contributed by atoms with E-state index >= 15 is 0 Å². The van der Waals surface area contributed by atoms with Gasteiger partial charge in [0.25, 0.3) is 11.8 Å². The molecule has 1 unspecified atom stereocenters. The largest absolute Gasteiger partial charge is 0.371 e. The fraction of sp³-hybridized carbons (Fsp3) is 0.419. The van der Waals surface area contributed by atoms with E-state index in [9.17, 15) is 34.0 Å². The van der Waals surface area contributed by atoms with Crippen molar-refractivity contribution < 1.29 is 28.8 Å². The molecule has 4 fully saturated rings. The van der Waals surface area contributed by atoms with Crippen LogP contribution in [-0.4, -0.2) is 101 Å². The minimum atomic E-state index is -1.02. The van der Waals surface area contributed by atoms with Crippen molar-refractivity contribution >= 4 is 58.3 Å². The van der Waals surface area contributed by atoms with Crippen LogP contribution >= 0.6 is 11.6 Å². The summed E-state index contributed by atoms with van der Waals surface area (Å²) in [4.78, 5) is 86.6. The number of hydrogen-bond acceptors (Lipinski definition) is 10. The summed E-state index contributed by atoms with van der Waals surface area (Å²) in [5, 5.41) is 12.0. The summed E-state index contributed by atoms with van der Waals surface area (Å²) in [7, 11) is 0. The highest BCUT2D eigenvalue weighted by Gasteiger charge is 2.47. The van der Waals surface area contributed by atoms with E-state index in [2.05, 4.69) is 28.1 Å². The average molecular weight is 788 g/mol. The molecule has 1 spiro atoms. The summed E-state index contributed by atoms with van der Waals surface area (Å²) in [6.45, 7) is 6.84. The molecule has 6 aliphatic rings. The molecule has 9 rings (SSSR count). The summed E-state index contributed by atoms with van der Waals surface area (Å²) < 4.78 is 0. The Balaban J connectivity index is 0.744. The second-order valence-corrected chi connectivity index (χ2v) is 17.0. The number of halogens is 1. The third-order valence-corrected chi connectivity index (χ3v) is 13.3. The molecule has 6 aliphatic heterocycles. The highest BCUT2D eigenvalue weighted by Crippen LogP contribution is 2.46.